The first kappa shape index (κ1) is 19.1. The third kappa shape index (κ3) is 4.22. The molecule has 0 saturated heterocycles. The number of hydrogen-bond acceptors (Lipinski definition) is 4. The summed E-state index contributed by atoms with van der Waals surface area (Å²) in [6.45, 7) is 0. The number of amides is 1. The van der Waals surface area contributed by atoms with Crippen molar-refractivity contribution in [1.29, 1.82) is 0 Å². The average Bonchev–Trinajstić information content (AvgIpc) is 3.42. The van der Waals surface area contributed by atoms with E-state index >= 15 is 0 Å². The van der Waals surface area contributed by atoms with Gasteiger partial charge in [0.1, 0.15) is 0 Å². The largest absolute Gasteiger partial charge is 0.361 e. The number of imidazole rings is 1. The Morgan fingerprint density at radius 1 is 1.00 bits per heavy atom. The molecule has 152 valence electrons. The fourth-order valence-electron chi connectivity index (χ4n) is 3.33. The van der Waals surface area contributed by atoms with E-state index in [2.05, 4.69) is 25.5 Å². The number of aromatic nitrogens is 3. The predicted octanol–water partition coefficient (Wildman–Crippen LogP) is 5.10. The van der Waals surface area contributed by atoms with Gasteiger partial charge in [0.25, 0.3) is 5.91 Å². The molecule has 2 heterocycles. The average molecular weight is 426 g/mol. The van der Waals surface area contributed by atoms with Gasteiger partial charge in [-0.05, 0) is 35.9 Å². The molecule has 1 amide bonds. The van der Waals surface area contributed by atoms with Crippen molar-refractivity contribution in [3.8, 4) is 0 Å². The number of H-pyrrole nitrogens is 2. The number of nitrogens with zero attached hydrogens (tertiary/aromatic N) is 2. The number of nitrogens with one attached hydrogen (secondary N) is 3. The number of fused-ring (bicyclic) bond motifs is 2. The molecule has 0 atom stereocenters. The molecule has 5 aromatic rings. The lowest BCUT2D eigenvalue weighted by Crippen LogP contribution is -2.17. The Morgan fingerprint density at radius 2 is 1.77 bits per heavy atom. The van der Waals surface area contributed by atoms with E-state index in [0.29, 0.717) is 5.56 Å². The number of carbonyl (C=O) groups excluding carboxylic acids is 1. The van der Waals surface area contributed by atoms with Crippen molar-refractivity contribution in [1.82, 2.24) is 20.4 Å². The Kier molecular flexibility index (Phi) is 5.24. The smallest absolute Gasteiger partial charge is 0.271 e. The van der Waals surface area contributed by atoms with Crippen LogP contribution in [0.1, 0.15) is 21.5 Å². The maximum atomic E-state index is 12.4. The fraction of sp³-hybridized carbons (Fsp3) is 0.0417. The molecule has 5 rings (SSSR count). The van der Waals surface area contributed by atoms with Crippen LogP contribution in [-0.2, 0) is 5.75 Å². The second-order valence-electron chi connectivity index (χ2n) is 7.03. The van der Waals surface area contributed by atoms with Crippen molar-refractivity contribution in [3.05, 3.63) is 95.7 Å². The maximum Gasteiger partial charge on any atom is 0.271 e. The highest BCUT2D eigenvalue weighted by molar-refractivity contribution is 7.98. The molecule has 0 spiro atoms. The molecule has 7 heteroatoms. The lowest BCUT2D eigenvalue weighted by molar-refractivity contribution is 0.0955. The molecule has 6 nitrogen and oxygen atoms in total. The monoisotopic (exact) mass is 425 g/mol. The quantitative estimate of drug-likeness (QED) is 0.201. The van der Waals surface area contributed by atoms with Gasteiger partial charge >= 0.3 is 0 Å². The molecule has 0 unspecified atom stereocenters. The van der Waals surface area contributed by atoms with Crippen LogP contribution >= 0.6 is 11.8 Å². The second kappa shape index (κ2) is 8.49. The van der Waals surface area contributed by atoms with Crippen molar-refractivity contribution >= 4 is 45.8 Å². The van der Waals surface area contributed by atoms with Gasteiger partial charge in [-0.1, -0.05) is 54.2 Å². The van der Waals surface area contributed by atoms with Crippen LogP contribution < -0.4 is 5.43 Å². The van der Waals surface area contributed by atoms with Gasteiger partial charge in [0.2, 0.25) is 0 Å². The maximum absolute atomic E-state index is 12.4. The summed E-state index contributed by atoms with van der Waals surface area (Å²) >= 11 is 1.63. The van der Waals surface area contributed by atoms with E-state index in [1.165, 1.54) is 0 Å². The van der Waals surface area contributed by atoms with Crippen LogP contribution in [0.3, 0.4) is 0 Å². The van der Waals surface area contributed by atoms with Gasteiger partial charge in [-0.3, -0.25) is 4.79 Å². The third-order valence-corrected chi connectivity index (χ3v) is 5.89. The van der Waals surface area contributed by atoms with Crippen LogP contribution in [-0.4, -0.2) is 27.1 Å². The summed E-state index contributed by atoms with van der Waals surface area (Å²) in [5.41, 5.74) is 8.22. The zero-order chi connectivity index (χ0) is 21.0. The lowest BCUT2D eigenvalue weighted by Gasteiger charge is -2.03. The minimum atomic E-state index is -0.243. The third-order valence-electron chi connectivity index (χ3n) is 4.95. The molecule has 0 radical (unpaired) electrons. The summed E-state index contributed by atoms with van der Waals surface area (Å²) in [6, 6.07) is 23.5. The molecule has 0 aliphatic rings. The number of aromatic amines is 2. The standard InChI is InChI=1S/C24H19N5OS/c30-23(29-26-14-18-13-25-20-6-2-1-5-19(18)20)17-11-9-16(10-12-17)15-31-24-27-21-7-3-4-8-22(21)28-24/h1-14,25H,15H2,(H,27,28)(H,29,30). The number of benzene rings is 3. The Labute approximate surface area is 182 Å². The highest BCUT2D eigenvalue weighted by Crippen LogP contribution is 2.23. The van der Waals surface area contributed by atoms with Crippen LogP contribution in [0.5, 0.6) is 0 Å². The zero-order valence-electron chi connectivity index (χ0n) is 16.5. The van der Waals surface area contributed by atoms with Crippen LogP contribution in [0.2, 0.25) is 0 Å². The minimum absolute atomic E-state index is 0.243. The number of hydrazone groups is 1. The van der Waals surface area contributed by atoms with E-state index in [1.54, 1.807) is 18.0 Å². The Balaban J connectivity index is 1.18. The SMILES string of the molecule is O=C(NN=Cc1c[nH]c2ccccc12)c1ccc(CSc2nc3ccccc3[nH]2)cc1. The first-order valence-electron chi connectivity index (χ1n) is 9.82. The normalized spacial score (nSPS) is 11.5. The number of thioether (sulfide) groups is 1. The molecule has 0 saturated carbocycles. The summed E-state index contributed by atoms with van der Waals surface area (Å²) in [7, 11) is 0. The lowest BCUT2D eigenvalue weighted by atomic mass is 10.1. The zero-order valence-corrected chi connectivity index (χ0v) is 17.3. The van der Waals surface area contributed by atoms with Gasteiger partial charge in [-0.25, -0.2) is 10.4 Å². The fourth-order valence-corrected chi connectivity index (χ4v) is 4.17. The summed E-state index contributed by atoms with van der Waals surface area (Å²) in [4.78, 5) is 23.4. The van der Waals surface area contributed by atoms with E-state index in [9.17, 15) is 4.79 Å². The van der Waals surface area contributed by atoms with Crippen LogP contribution in [0, 0.1) is 0 Å². The van der Waals surface area contributed by atoms with E-state index in [1.807, 2.05) is 79.0 Å². The molecule has 0 aliphatic heterocycles. The van der Waals surface area contributed by atoms with Gasteiger partial charge < -0.3 is 9.97 Å². The second-order valence-corrected chi connectivity index (χ2v) is 8.00. The number of carbonyl (C=O) groups is 1. The number of hydrogen-bond donors (Lipinski definition) is 3. The molecule has 31 heavy (non-hydrogen) atoms. The van der Waals surface area contributed by atoms with Crippen molar-refractivity contribution in [2.24, 2.45) is 5.10 Å². The first-order chi connectivity index (χ1) is 15.3. The van der Waals surface area contributed by atoms with Crippen molar-refractivity contribution in [3.63, 3.8) is 0 Å². The molecule has 3 aromatic carbocycles. The van der Waals surface area contributed by atoms with Gasteiger partial charge in [-0.2, -0.15) is 5.10 Å². The summed E-state index contributed by atoms with van der Waals surface area (Å²) in [6.07, 6.45) is 3.52. The van der Waals surface area contributed by atoms with E-state index in [0.717, 1.165) is 44.0 Å². The summed E-state index contributed by atoms with van der Waals surface area (Å²) in [5.74, 6) is 0.521. The van der Waals surface area contributed by atoms with Crippen LogP contribution in [0.4, 0.5) is 0 Å². The molecule has 3 N–H and O–H groups in total. The highest BCUT2D eigenvalue weighted by Gasteiger charge is 2.07. The highest BCUT2D eigenvalue weighted by atomic mass is 32.2. The minimum Gasteiger partial charge on any atom is -0.361 e. The first-order valence-corrected chi connectivity index (χ1v) is 10.8. The molecule has 0 bridgehead atoms. The van der Waals surface area contributed by atoms with Crippen molar-refractivity contribution in [2.45, 2.75) is 10.9 Å². The van der Waals surface area contributed by atoms with Gasteiger partial charge in [0.05, 0.1) is 17.2 Å². The molecular weight excluding hydrogens is 406 g/mol. The van der Waals surface area contributed by atoms with E-state index in [4.69, 9.17) is 0 Å². The number of para-hydroxylation sites is 3. The Bertz CT molecular complexity index is 1350. The van der Waals surface area contributed by atoms with Gasteiger partial charge in [0, 0.05) is 34.0 Å². The molecule has 2 aromatic heterocycles. The van der Waals surface area contributed by atoms with Crippen LogP contribution in [0.15, 0.2) is 89.3 Å². The van der Waals surface area contributed by atoms with Crippen molar-refractivity contribution < 1.29 is 4.79 Å². The molecular formula is C24H19N5OS. The predicted molar refractivity (Wildman–Crippen MR) is 125 cm³/mol. The Morgan fingerprint density at radius 3 is 2.61 bits per heavy atom. The topological polar surface area (TPSA) is 85.9 Å². The van der Waals surface area contributed by atoms with E-state index in [-0.39, 0.29) is 5.91 Å². The van der Waals surface area contributed by atoms with Gasteiger partial charge in [0.15, 0.2) is 5.16 Å². The van der Waals surface area contributed by atoms with Gasteiger partial charge in [-0.15, -0.1) is 0 Å². The molecule has 0 aliphatic carbocycles. The summed E-state index contributed by atoms with van der Waals surface area (Å²) < 4.78 is 0. The number of rotatable bonds is 6. The Hall–Kier alpha value is -3.84. The van der Waals surface area contributed by atoms with Crippen molar-refractivity contribution in [2.75, 3.05) is 0 Å². The summed E-state index contributed by atoms with van der Waals surface area (Å²) in [5, 5.41) is 6.04. The van der Waals surface area contributed by atoms with E-state index < -0.39 is 0 Å². The molecule has 0 fully saturated rings. The van der Waals surface area contributed by atoms with Crippen LogP contribution in [0.25, 0.3) is 21.9 Å².